The third-order valence-electron chi connectivity index (χ3n) is 4.03. The van der Waals surface area contributed by atoms with Crippen molar-refractivity contribution < 1.29 is 14.7 Å². The number of rotatable bonds is 5. The predicted octanol–water partition coefficient (Wildman–Crippen LogP) is 2.06. The van der Waals surface area contributed by atoms with Gasteiger partial charge >= 0.3 is 0 Å². The van der Waals surface area contributed by atoms with Gasteiger partial charge in [-0.1, -0.05) is 26.0 Å². The van der Waals surface area contributed by atoms with Gasteiger partial charge in [-0.05, 0) is 37.0 Å². The molecular formula is C17H24N2O3. The molecule has 0 aromatic heterocycles. The molecule has 5 heteroatoms. The van der Waals surface area contributed by atoms with E-state index in [9.17, 15) is 14.7 Å². The average molecular weight is 304 g/mol. The summed E-state index contributed by atoms with van der Waals surface area (Å²) >= 11 is 0. The fourth-order valence-corrected chi connectivity index (χ4v) is 2.56. The summed E-state index contributed by atoms with van der Waals surface area (Å²) in [7, 11) is 0. The zero-order chi connectivity index (χ0) is 16.1. The molecule has 1 aliphatic rings. The topological polar surface area (TPSA) is 78.4 Å². The van der Waals surface area contributed by atoms with Crippen LogP contribution in [0.1, 0.15) is 38.7 Å². The van der Waals surface area contributed by atoms with Crippen LogP contribution in [0.3, 0.4) is 0 Å². The Morgan fingerprint density at radius 2 is 1.91 bits per heavy atom. The van der Waals surface area contributed by atoms with Crippen molar-refractivity contribution in [3.63, 3.8) is 0 Å². The van der Waals surface area contributed by atoms with Gasteiger partial charge in [-0.3, -0.25) is 9.59 Å². The van der Waals surface area contributed by atoms with E-state index >= 15 is 0 Å². The van der Waals surface area contributed by atoms with Crippen molar-refractivity contribution in [1.29, 1.82) is 0 Å². The molecule has 1 aliphatic carbocycles. The van der Waals surface area contributed by atoms with Crippen LogP contribution in [0, 0.1) is 11.8 Å². The Morgan fingerprint density at radius 1 is 1.23 bits per heavy atom. The van der Waals surface area contributed by atoms with Crippen LogP contribution in [0.4, 0.5) is 5.69 Å². The molecular weight excluding hydrogens is 280 g/mol. The maximum Gasteiger partial charge on any atom is 0.226 e. The van der Waals surface area contributed by atoms with Crippen LogP contribution in [0.5, 0.6) is 0 Å². The molecule has 0 aliphatic heterocycles. The summed E-state index contributed by atoms with van der Waals surface area (Å²) in [6.07, 6.45) is 1.87. The molecule has 0 bridgehead atoms. The van der Waals surface area contributed by atoms with E-state index in [0.29, 0.717) is 13.0 Å². The lowest BCUT2D eigenvalue weighted by Gasteiger charge is -2.14. The summed E-state index contributed by atoms with van der Waals surface area (Å²) in [5.74, 6) is -0.431. The second-order valence-corrected chi connectivity index (χ2v) is 6.16. The number of amides is 2. The first kappa shape index (κ1) is 16.5. The number of hydrogen-bond acceptors (Lipinski definition) is 3. The normalized spacial score (nSPS) is 20.9. The second kappa shape index (κ2) is 7.40. The monoisotopic (exact) mass is 304 g/mol. The van der Waals surface area contributed by atoms with Gasteiger partial charge in [0.15, 0.2) is 0 Å². The highest BCUT2D eigenvalue weighted by molar-refractivity contribution is 5.92. The maximum absolute atomic E-state index is 12.0. The highest BCUT2D eigenvalue weighted by atomic mass is 16.3. The predicted molar refractivity (Wildman–Crippen MR) is 85.1 cm³/mol. The number of hydrogen-bond donors (Lipinski definition) is 3. The van der Waals surface area contributed by atoms with Gasteiger partial charge in [0.1, 0.15) is 0 Å². The zero-order valence-corrected chi connectivity index (χ0v) is 13.1. The van der Waals surface area contributed by atoms with E-state index in [0.717, 1.165) is 24.1 Å². The highest BCUT2D eigenvalue weighted by Crippen LogP contribution is 2.25. The van der Waals surface area contributed by atoms with Crippen LogP contribution in [0.25, 0.3) is 0 Å². The molecule has 2 unspecified atom stereocenters. The average Bonchev–Trinajstić information content (AvgIpc) is 2.92. The summed E-state index contributed by atoms with van der Waals surface area (Å²) < 4.78 is 0. The Morgan fingerprint density at radius 3 is 2.45 bits per heavy atom. The van der Waals surface area contributed by atoms with E-state index in [4.69, 9.17) is 0 Å². The van der Waals surface area contributed by atoms with E-state index in [2.05, 4.69) is 10.6 Å². The van der Waals surface area contributed by atoms with Crippen molar-refractivity contribution in [3.8, 4) is 0 Å². The van der Waals surface area contributed by atoms with Crippen molar-refractivity contribution >= 4 is 17.5 Å². The lowest BCUT2D eigenvalue weighted by Crippen LogP contribution is -2.34. The van der Waals surface area contributed by atoms with Crippen LogP contribution in [-0.2, 0) is 16.1 Å². The largest absolute Gasteiger partial charge is 0.392 e. The maximum atomic E-state index is 12.0. The van der Waals surface area contributed by atoms with Gasteiger partial charge in [-0.15, -0.1) is 0 Å². The van der Waals surface area contributed by atoms with Crippen molar-refractivity contribution in [2.75, 3.05) is 5.32 Å². The Balaban J connectivity index is 1.83. The summed E-state index contributed by atoms with van der Waals surface area (Å²) in [5.41, 5.74) is 1.71. The first-order valence-corrected chi connectivity index (χ1v) is 7.83. The molecule has 1 aromatic rings. The molecule has 0 heterocycles. The minimum atomic E-state index is -0.506. The molecule has 0 spiro atoms. The molecule has 1 saturated carbocycles. The number of aliphatic hydroxyl groups is 1. The van der Waals surface area contributed by atoms with E-state index < -0.39 is 6.10 Å². The third-order valence-corrected chi connectivity index (χ3v) is 4.03. The number of nitrogens with one attached hydrogen (secondary N) is 2. The zero-order valence-electron chi connectivity index (χ0n) is 13.1. The van der Waals surface area contributed by atoms with Crippen LogP contribution in [-0.4, -0.2) is 23.0 Å². The van der Waals surface area contributed by atoms with Crippen LogP contribution in [0.2, 0.25) is 0 Å². The molecule has 2 rings (SSSR count). The van der Waals surface area contributed by atoms with E-state index in [1.54, 1.807) is 0 Å². The van der Waals surface area contributed by atoms with E-state index in [1.165, 1.54) is 0 Å². The third kappa shape index (κ3) is 4.31. The first-order valence-electron chi connectivity index (χ1n) is 7.83. The second-order valence-electron chi connectivity index (χ2n) is 6.16. The van der Waals surface area contributed by atoms with Crippen molar-refractivity contribution in [2.24, 2.45) is 11.8 Å². The Bertz CT molecular complexity index is 525. The highest BCUT2D eigenvalue weighted by Gasteiger charge is 2.31. The van der Waals surface area contributed by atoms with Gasteiger partial charge in [-0.2, -0.15) is 0 Å². The van der Waals surface area contributed by atoms with Crippen molar-refractivity contribution in [2.45, 2.75) is 45.8 Å². The van der Waals surface area contributed by atoms with Gasteiger partial charge in [0.25, 0.3) is 0 Å². The van der Waals surface area contributed by atoms with E-state index in [-0.39, 0.29) is 23.7 Å². The molecule has 22 heavy (non-hydrogen) atoms. The minimum absolute atomic E-state index is 0.0173. The van der Waals surface area contributed by atoms with Gasteiger partial charge in [0.05, 0.1) is 12.0 Å². The summed E-state index contributed by atoms with van der Waals surface area (Å²) in [6, 6.07) is 7.40. The molecule has 0 saturated heterocycles. The number of carbonyl (C=O) groups is 2. The molecule has 120 valence electrons. The smallest absolute Gasteiger partial charge is 0.226 e. The Labute approximate surface area is 131 Å². The molecule has 2 amide bonds. The quantitative estimate of drug-likeness (QED) is 0.779. The van der Waals surface area contributed by atoms with Gasteiger partial charge in [0.2, 0.25) is 11.8 Å². The Kier molecular flexibility index (Phi) is 5.55. The van der Waals surface area contributed by atoms with Crippen LogP contribution < -0.4 is 10.6 Å². The summed E-state index contributed by atoms with van der Waals surface area (Å²) in [6.45, 7) is 4.12. The van der Waals surface area contributed by atoms with Gasteiger partial charge in [0, 0.05) is 18.2 Å². The molecule has 0 radical (unpaired) electrons. The molecule has 1 aromatic carbocycles. The van der Waals surface area contributed by atoms with Crippen LogP contribution in [0.15, 0.2) is 24.3 Å². The first-order chi connectivity index (χ1) is 10.5. The Hall–Kier alpha value is -1.88. The van der Waals surface area contributed by atoms with Crippen molar-refractivity contribution in [1.82, 2.24) is 5.32 Å². The number of benzene rings is 1. The molecule has 1 fully saturated rings. The van der Waals surface area contributed by atoms with Gasteiger partial charge in [-0.25, -0.2) is 0 Å². The molecule has 3 N–H and O–H groups in total. The minimum Gasteiger partial charge on any atom is -0.392 e. The van der Waals surface area contributed by atoms with Crippen molar-refractivity contribution in [3.05, 3.63) is 29.8 Å². The fraction of sp³-hybridized carbons (Fsp3) is 0.529. The molecule has 5 nitrogen and oxygen atoms in total. The number of carbonyl (C=O) groups excluding carboxylic acids is 2. The number of aliphatic hydroxyl groups excluding tert-OH is 1. The van der Waals surface area contributed by atoms with Gasteiger partial charge < -0.3 is 15.7 Å². The fourth-order valence-electron chi connectivity index (χ4n) is 2.56. The SMILES string of the molecule is CC(C)C(=O)Nc1ccc(CNC(=O)C2CCCC2O)cc1. The lowest BCUT2D eigenvalue weighted by molar-refractivity contribution is -0.127. The summed E-state index contributed by atoms with van der Waals surface area (Å²) in [5, 5.41) is 15.4. The molecule has 2 atom stereocenters. The standard InChI is InChI=1S/C17H24N2O3/c1-11(2)16(21)19-13-8-6-12(7-9-13)10-18-17(22)14-4-3-5-15(14)20/h6-9,11,14-15,20H,3-5,10H2,1-2H3,(H,18,22)(H,19,21). The number of anilines is 1. The lowest BCUT2D eigenvalue weighted by atomic mass is 10.1. The summed E-state index contributed by atoms with van der Waals surface area (Å²) in [4.78, 5) is 23.6. The van der Waals surface area contributed by atoms with Crippen LogP contribution >= 0.6 is 0 Å². The van der Waals surface area contributed by atoms with E-state index in [1.807, 2.05) is 38.1 Å².